The molecule has 0 fully saturated rings. The summed E-state index contributed by atoms with van der Waals surface area (Å²) in [5.41, 5.74) is 7.39. The molecule has 0 radical (unpaired) electrons. The zero-order valence-electron chi connectivity index (χ0n) is 37.3. The average molecular weight is 878 g/mol. The van der Waals surface area contributed by atoms with E-state index in [0.717, 1.165) is 22.5 Å². The van der Waals surface area contributed by atoms with Crippen molar-refractivity contribution in [2.75, 3.05) is 0 Å². The van der Waals surface area contributed by atoms with Gasteiger partial charge in [-0.1, -0.05) is 75.9 Å². The predicted molar refractivity (Wildman–Crippen MR) is 261 cm³/mol. The minimum atomic E-state index is -0.449. The van der Waals surface area contributed by atoms with Crippen LogP contribution < -0.4 is 0 Å². The molecular weight excluding hydrogens is 835 g/mol. The third kappa shape index (κ3) is 6.29. The molecule has 0 atom stereocenters. The van der Waals surface area contributed by atoms with Crippen LogP contribution in [0.15, 0.2) is 122 Å². The second kappa shape index (κ2) is 16.0. The van der Waals surface area contributed by atoms with Gasteiger partial charge in [0, 0.05) is 84.6 Å². The Labute approximate surface area is 386 Å². The van der Waals surface area contributed by atoms with Gasteiger partial charge < -0.3 is 5.11 Å². The van der Waals surface area contributed by atoms with Crippen LogP contribution in [0.3, 0.4) is 0 Å². The molecule has 1 N–H and O–H groups in total. The number of phenols is 1. The summed E-state index contributed by atoms with van der Waals surface area (Å²) in [7, 11) is 0. The largest absolute Gasteiger partial charge is 0.507 e. The zero-order chi connectivity index (χ0) is 46.2. The smallest absolute Gasteiger partial charge is 0.261 e. The fourth-order valence-electron chi connectivity index (χ4n) is 10.4. The van der Waals surface area contributed by atoms with E-state index in [-0.39, 0.29) is 35.2 Å². The minimum absolute atomic E-state index is 0.132. The van der Waals surface area contributed by atoms with Gasteiger partial charge in [0.25, 0.3) is 23.6 Å². The van der Waals surface area contributed by atoms with E-state index in [1.807, 2.05) is 113 Å². The highest BCUT2D eigenvalue weighted by Crippen LogP contribution is 2.50. The lowest BCUT2D eigenvalue weighted by Crippen LogP contribution is -2.46. The first kappa shape index (κ1) is 41.4. The van der Waals surface area contributed by atoms with Gasteiger partial charge in [-0.2, -0.15) is 0 Å². The molecule has 10 nitrogen and oxygen atoms in total. The first-order valence-electron chi connectivity index (χ1n) is 22.9. The molecule has 0 bridgehead atoms. The van der Waals surface area contributed by atoms with Crippen LogP contribution in [0.1, 0.15) is 106 Å². The average Bonchev–Trinajstić information content (AvgIpc) is 3.37. The van der Waals surface area contributed by atoms with Gasteiger partial charge in [-0.15, -0.1) is 0 Å². The maximum Gasteiger partial charge on any atom is 0.261 e. The molecule has 10 heteroatoms. The first-order valence-corrected chi connectivity index (χ1v) is 22.9. The second-order valence-corrected chi connectivity index (χ2v) is 17.3. The van der Waals surface area contributed by atoms with Crippen molar-refractivity contribution in [1.82, 2.24) is 24.8 Å². The Kier molecular flexibility index (Phi) is 9.89. The molecule has 3 aromatic heterocycles. The molecule has 5 heterocycles. The number of amides is 4. The van der Waals surface area contributed by atoms with E-state index in [2.05, 4.69) is 21.8 Å². The van der Waals surface area contributed by atoms with Gasteiger partial charge in [0.15, 0.2) is 0 Å². The number of phenolic OH excluding ortho intramolecular Hbond substituents is 1. The highest BCUT2D eigenvalue weighted by Gasteiger charge is 2.41. The molecule has 4 amide bonds. The van der Waals surface area contributed by atoms with Crippen LogP contribution in [0.4, 0.5) is 0 Å². The molecule has 326 valence electrons. The summed E-state index contributed by atoms with van der Waals surface area (Å²) in [5, 5.41) is 16.5. The van der Waals surface area contributed by atoms with Gasteiger partial charge in [-0.05, 0) is 120 Å². The SMILES string of the molecule is CCC(CC)N1C(=O)c2ccc3c4c(C#Cc5ccc(-c6cc(-c7ccccn7)nc(-c7ccccn7)c6)cc5)cc5c6c(ccc(c7c(O)cc(c2c37)C1=O)c64)C(=O)N(C(CC)CC)C5=O. The number of fused-ring (bicyclic) bond motifs is 2. The molecule has 11 rings (SSSR count). The van der Waals surface area contributed by atoms with Crippen LogP contribution in [0.5, 0.6) is 5.75 Å². The quantitative estimate of drug-likeness (QED) is 0.0656. The van der Waals surface area contributed by atoms with Crippen molar-refractivity contribution >= 4 is 66.7 Å². The summed E-state index contributed by atoms with van der Waals surface area (Å²) < 4.78 is 0. The van der Waals surface area contributed by atoms with Gasteiger partial charge in [-0.25, -0.2) is 4.98 Å². The van der Waals surface area contributed by atoms with Crippen molar-refractivity contribution in [2.24, 2.45) is 0 Å². The highest BCUT2D eigenvalue weighted by atomic mass is 16.3. The molecule has 6 aromatic carbocycles. The molecular formula is C57H43N5O5. The number of aromatic hydroxyl groups is 1. The topological polar surface area (TPSA) is 134 Å². The minimum Gasteiger partial charge on any atom is -0.507 e. The van der Waals surface area contributed by atoms with Crippen LogP contribution in [-0.2, 0) is 0 Å². The van der Waals surface area contributed by atoms with E-state index in [1.54, 1.807) is 30.6 Å². The number of pyridine rings is 3. The second-order valence-electron chi connectivity index (χ2n) is 17.3. The summed E-state index contributed by atoms with van der Waals surface area (Å²) in [6.45, 7) is 7.84. The Morgan fingerprint density at radius 3 is 1.48 bits per heavy atom. The lowest BCUT2D eigenvalue weighted by Gasteiger charge is -2.35. The lowest BCUT2D eigenvalue weighted by molar-refractivity contribution is 0.0514. The predicted octanol–water partition coefficient (Wildman–Crippen LogP) is 11.6. The third-order valence-corrected chi connectivity index (χ3v) is 13.7. The molecule has 0 saturated carbocycles. The third-order valence-electron chi connectivity index (χ3n) is 13.7. The van der Waals surface area contributed by atoms with Gasteiger partial charge in [0.05, 0.1) is 28.3 Å². The van der Waals surface area contributed by atoms with Crippen LogP contribution in [-0.4, -0.2) is 65.6 Å². The van der Waals surface area contributed by atoms with E-state index in [0.29, 0.717) is 108 Å². The molecule has 67 heavy (non-hydrogen) atoms. The Bertz CT molecular complexity index is 3570. The van der Waals surface area contributed by atoms with Gasteiger partial charge in [-0.3, -0.25) is 38.9 Å². The molecule has 9 aromatic rings. The zero-order valence-corrected chi connectivity index (χ0v) is 37.3. The summed E-state index contributed by atoms with van der Waals surface area (Å²) in [6.07, 6.45) is 5.87. The van der Waals surface area contributed by atoms with Crippen LogP contribution >= 0.6 is 0 Å². The van der Waals surface area contributed by atoms with Crippen molar-refractivity contribution in [3.63, 3.8) is 0 Å². The summed E-state index contributed by atoms with van der Waals surface area (Å²) >= 11 is 0. The molecule has 2 aliphatic heterocycles. The molecule has 0 unspecified atom stereocenters. The standard InChI is InChI=1S/C57H43N5O5/c1-5-35(6-2)61-54(64)39-24-22-38-51-47(63)30-42-50-40(55(65)62(57(42)67)36(7-3)8-4)23-21-37(53(50)51)48-33(27-41(56(61)66)49(39)52(38)48)20-17-31-15-18-32(19-16-31)34-28-45(43-13-9-11-25-58-43)60-46(29-34)44-14-10-12-26-59-44/h9-16,18-19,21-30,35-36,63H,5-8H2,1-4H3. The number of hydrogen-bond acceptors (Lipinski definition) is 8. The van der Waals surface area contributed by atoms with Crippen molar-refractivity contribution in [3.05, 3.63) is 155 Å². The lowest BCUT2D eigenvalue weighted by atomic mass is 9.80. The normalized spacial score (nSPS) is 13.6. The molecule has 0 aliphatic carbocycles. The Hall–Kier alpha value is -8.29. The number of hydrogen-bond donors (Lipinski definition) is 1. The van der Waals surface area contributed by atoms with E-state index >= 15 is 0 Å². The maximum absolute atomic E-state index is 14.7. The van der Waals surface area contributed by atoms with E-state index in [4.69, 9.17) is 4.98 Å². The van der Waals surface area contributed by atoms with Crippen molar-refractivity contribution in [3.8, 4) is 51.5 Å². The van der Waals surface area contributed by atoms with Crippen molar-refractivity contribution in [1.29, 1.82) is 0 Å². The van der Waals surface area contributed by atoms with Crippen molar-refractivity contribution in [2.45, 2.75) is 65.5 Å². The monoisotopic (exact) mass is 877 g/mol. The number of nitrogens with zero attached hydrogens (tertiary/aromatic N) is 5. The van der Waals surface area contributed by atoms with Crippen LogP contribution in [0, 0.1) is 11.8 Å². The number of rotatable bonds is 9. The number of carbonyl (C=O) groups is 4. The number of carbonyl (C=O) groups excluding carboxylic acids is 4. The van der Waals surface area contributed by atoms with Gasteiger partial charge >= 0.3 is 0 Å². The Balaban J connectivity index is 1.12. The summed E-state index contributed by atoms with van der Waals surface area (Å²) in [4.78, 5) is 74.5. The molecule has 0 saturated heterocycles. The van der Waals surface area contributed by atoms with Crippen molar-refractivity contribution < 1.29 is 24.3 Å². The fourth-order valence-corrected chi connectivity index (χ4v) is 10.4. The van der Waals surface area contributed by atoms with E-state index < -0.39 is 11.8 Å². The van der Waals surface area contributed by atoms with Crippen LogP contribution in [0.2, 0.25) is 0 Å². The number of benzene rings is 6. The van der Waals surface area contributed by atoms with E-state index in [9.17, 15) is 24.3 Å². The summed E-state index contributed by atoms with van der Waals surface area (Å²) in [6, 6.07) is 33.2. The van der Waals surface area contributed by atoms with Crippen LogP contribution in [0.25, 0.3) is 77.0 Å². The Morgan fingerprint density at radius 2 is 0.970 bits per heavy atom. The number of aromatic nitrogens is 3. The maximum atomic E-state index is 14.7. The first-order chi connectivity index (χ1) is 32.6. The Morgan fingerprint density at radius 1 is 0.478 bits per heavy atom. The van der Waals surface area contributed by atoms with Gasteiger partial charge in [0.2, 0.25) is 0 Å². The fraction of sp³-hybridized carbons (Fsp3) is 0.175. The summed E-state index contributed by atoms with van der Waals surface area (Å²) in [5.74, 6) is 5.10. The van der Waals surface area contributed by atoms with E-state index in [1.165, 1.54) is 15.9 Å². The molecule has 0 spiro atoms. The number of imide groups is 2. The highest BCUT2D eigenvalue weighted by molar-refractivity contribution is 6.42. The molecule has 2 aliphatic rings. The van der Waals surface area contributed by atoms with Gasteiger partial charge in [0.1, 0.15) is 5.75 Å².